The first-order valence-corrected chi connectivity index (χ1v) is 7.22. The highest BCUT2D eigenvalue weighted by Crippen LogP contribution is 2.12. The summed E-state index contributed by atoms with van der Waals surface area (Å²) in [6.07, 6.45) is 0.220. The molecule has 0 aliphatic carbocycles. The van der Waals surface area contributed by atoms with Gasteiger partial charge in [0.15, 0.2) is 0 Å². The van der Waals surface area contributed by atoms with Crippen molar-refractivity contribution in [1.82, 2.24) is 10.2 Å². The molecule has 112 valence electrons. The van der Waals surface area contributed by atoms with Gasteiger partial charge in [0.1, 0.15) is 6.04 Å². The summed E-state index contributed by atoms with van der Waals surface area (Å²) in [4.78, 5) is 14.3. The zero-order valence-electron chi connectivity index (χ0n) is 12.8. The fraction of sp³-hybridized carbons (Fsp3) is 0.929. The first kappa shape index (κ1) is 16.4. The Hall–Kier alpha value is -0.650. The summed E-state index contributed by atoms with van der Waals surface area (Å²) < 4.78 is 10.8. The van der Waals surface area contributed by atoms with Crippen LogP contribution in [0.25, 0.3) is 0 Å². The molecule has 3 unspecified atom stereocenters. The lowest BCUT2D eigenvalue weighted by molar-refractivity contribution is -0.147. The number of morpholine rings is 1. The molecule has 3 atom stereocenters. The topological polar surface area (TPSA) is 50.8 Å². The van der Waals surface area contributed by atoms with Gasteiger partial charge in [0, 0.05) is 25.2 Å². The van der Waals surface area contributed by atoms with Gasteiger partial charge in [0.2, 0.25) is 0 Å². The van der Waals surface area contributed by atoms with Gasteiger partial charge in [-0.3, -0.25) is 9.69 Å². The summed E-state index contributed by atoms with van der Waals surface area (Å²) in [6.45, 7) is 12.8. The second kappa shape index (κ2) is 7.82. The average molecular weight is 272 g/mol. The van der Waals surface area contributed by atoms with Gasteiger partial charge in [0.05, 0.1) is 19.3 Å². The molecular formula is C14H28N2O3. The maximum Gasteiger partial charge on any atom is 0.324 e. The van der Waals surface area contributed by atoms with Crippen molar-refractivity contribution < 1.29 is 14.3 Å². The molecule has 1 aliphatic heterocycles. The molecule has 0 radical (unpaired) electrons. The Labute approximate surface area is 116 Å². The molecule has 1 N–H and O–H groups in total. The monoisotopic (exact) mass is 272 g/mol. The molecule has 1 aliphatic rings. The van der Waals surface area contributed by atoms with Crippen molar-refractivity contribution in [2.75, 3.05) is 26.3 Å². The Bertz CT molecular complexity index is 284. The number of nitrogens with zero attached hydrogens (tertiary/aromatic N) is 1. The van der Waals surface area contributed by atoms with Crippen LogP contribution in [0.1, 0.15) is 34.6 Å². The van der Waals surface area contributed by atoms with E-state index in [1.165, 1.54) is 0 Å². The van der Waals surface area contributed by atoms with Crippen LogP contribution in [0.3, 0.4) is 0 Å². The summed E-state index contributed by atoms with van der Waals surface area (Å²) >= 11 is 0. The van der Waals surface area contributed by atoms with E-state index in [-0.39, 0.29) is 24.2 Å². The number of hydrogen-bond acceptors (Lipinski definition) is 5. The second-order valence-electron chi connectivity index (χ2n) is 5.57. The van der Waals surface area contributed by atoms with Crippen molar-refractivity contribution >= 4 is 5.97 Å². The van der Waals surface area contributed by atoms with E-state index in [0.29, 0.717) is 19.2 Å². The maximum absolute atomic E-state index is 12.0. The third-order valence-electron chi connectivity index (χ3n) is 3.26. The predicted molar refractivity (Wildman–Crippen MR) is 75.1 cm³/mol. The number of esters is 1. The van der Waals surface area contributed by atoms with Gasteiger partial charge >= 0.3 is 5.97 Å². The number of carbonyl (C=O) groups excluding carboxylic acids is 1. The SMILES string of the molecule is CCOC(=O)C(CN1CC(C)OCC1C)NC(C)C. The first-order chi connectivity index (χ1) is 8.93. The third kappa shape index (κ3) is 5.47. The van der Waals surface area contributed by atoms with Crippen LogP contribution in [0.4, 0.5) is 0 Å². The van der Waals surface area contributed by atoms with E-state index in [2.05, 4.69) is 24.1 Å². The van der Waals surface area contributed by atoms with Crippen molar-refractivity contribution in [1.29, 1.82) is 0 Å². The van der Waals surface area contributed by atoms with Crippen LogP contribution < -0.4 is 5.32 Å². The van der Waals surface area contributed by atoms with Gasteiger partial charge in [-0.05, 0) is 20.8 Å². The highest BCUT2D eigenvalue weighted by atomic mass is 16.5. The van der Waals surface area contributed by atoms with Crippen molar-refractivity contribution in [2.45, 2.75) is 58.8 Å². The van der Waals surface area contributed by atoms with Crippen molar-refractivity contribution in [3.8, 4) is 0 Å². The highest BCUT2D eigenvalue weighted by molar-refractivity contribution is 5.76. The summed E-state index contributed by atoms with van der Waals surface area (Å²) in [5, 5.41) is 3.29. The van der Waals surface area contributed by atoms with Crippen molar-refractivity contribution in [3.63, 3.8) is 0 Å². The smallest absolute Gasteiger partial charge is 0.324 e. The molecule has 0 aromatic heterocycles. The van der Waals surface area contributed by atoms with Crippen LogP contribution >= 0.6 is 0 Å². The molecule has 0 saturated carbocycles. The van der Waals surface area contributed by atoms with Gasteiger partial charge < -0.3 is 14.8 Å². The van der Waals surface area contributed by atoms with E-state index in [1.807, 2.05) is 20.8 Å². The number of carbonyl (C=O) groups is 1. The zero-order chi connectivity index (χ0) is 14.4. The standard InChI is InChI=1S/C14H28N2O3/c1-6-18-14(17)13(15-10(2)3)8-16-7-12(5)19-9-11(16)4/h10-13,15H,6-9H2,1-5H3. The zero-order valence-corrected chi connectivity index (χ0v) is 12.8. The average Bonchev–Trinajstić information content (AvgIpc) is 2.32. The van der Waals surface area contributed by atoms with E-state index in [9.17, 15) is 4.79 Å². The molecule has 0 spiro atoms. The molecule has 1 saturated heterocycles. The molecule has 1 heterocycles. The molecule has 19 heavy (non-hydrogen) atoms. The van der Waals surface area contributed by atoms with Gasteiger partial charge in [-0.1, -0.05) is 13.8 Å². The number of hydrogen-bond donors (Lipinski definition) is 1. The quantitative estimate of drug-likeness (QED) is 0.732. The van der Waals surface area contributed by atoms with Gasteiger partial charge in [0.25, 0.3) is 0 Å². The molecular weight excluding hydrogens is 244 g/mol. The molecule has 0 aromatic carbocycles. The third-order valence-corrected chi connectivity index (χ3v) is 3.26. The number of ether oxygens (including phenoxy) is 2. The Balaban J connectivity index is 2.61. The van der Waals surface area contributed by atoms with Crippen molar-refractivity contribution in [2.24, 2.45) is 0 Å². The molecule has 5 heteroatoms. The largest absolute Gasteiger partial charge is 0.465 e. The Kier molecular flexibility index (Phi) is 6.75. The van der Waals surface area contributed by atoms with Crippen LogP contribution in [0.2, 0.25) is 0 Å². The molecule has 5 nitrogen and oxygen atoms in total. The number of rotatable bonds is 6. The minimum absolute atomic E-state index is 0.164. The fourth-order valence-electron chi connectivity index (χ4n) is 2.30. The molecule has 1 fully saturated rings. The Morgan fingerprint density at radius 3 is 2.74 bits per heavy atom. The van der Waals surface area contributed by atoms with E-state index < -0.39 is 0 Å². The van der Waals surface area contributed by atoms with E-state index in [0.717, 1.165) is 13.2 Å². The maximum atomic E-state index is 12.0. The minimum atomic E-state index is -0.271. The van der Waals surface area contributed by atoms with E-state index >= 15 is 0 Å². The van der Waals surface area contributed by atoms with Gasteiger partial charge in [-0.2, -0.15) is 0 Å². The van der Waals surface area contributed by atoms with Crippen LogP contribution in [0, 0.1) is 0 Å². The first-order valence-electron chi connectivity index (χ1n) is 7.22. The van der Waals surface area contributed by atoms with Crippen LogP contribution in [0.15, 0.2) is 0 Å². The van der Waals surface area contributed by atoms with Crippen LogP contribution in [0.5, 0.6) is 0 Å². The lowest BCUT2D eigenvalue weighted by atomic mass is 10.1. The summed E-state index contributed by atoms with van der Waals surface area (Å²) in [6, 6.07) is 0.318. The van der Waals surface area contributed by atoms with Gasteiger partial charge in [-0.25, -0.2) is 0 Å². The minimum Gasteiger partial charge on any atom is -0.465 e. The van der Waals surface area contributed by atoms with E-state index in [1.54, 1.807) is 0 Å². The summed E-state index contributed by atoms with van der Waals surface area (Å²) in [5.41, 5.74) is 0. The molecule has 0 bridgehead atoms. The predicted octanol–water partition coefficient (Wildman–Crippen LogP) is 1.03. The van der Waals surface area contributed by atoms with Crippen LogP contribution in [-0.4, -0.2) is 61.4 Å². The summed E-state index contributed by atoms with van der Waals surface area (Å²) in [5.74, 6) is -0.164. The molecule has 1 rings (SSSR count). The normalized spacial score (nSPS) is 26.4. The second-order valence-corrected chi connectivity index (χ2v) is 5.57. The van der Waals surface area contributed by atoms with Crippen molar-refractivity contribution in [3.05, 3.63) is 0 Å². The fourth-order valence-corrected chi connectivity index (χ4v) is 2.30. The Morgan fingerprint density at radius 1 is 1.47 bits per heavy atom. The summed E-state index contributed by atoms with van der Waals surface area (Å²) in [7, 11) is 0. The lowest BCUT2D eigenvalue weighted by Gasteiger charge is -2.38. The van der Waals surface area contributed by atoms with E-state index in [4.69, 9.17) is 9.47 Å². The van der Waals surface area contributed by atoms with Gasteiger partial charge in [-0.15, -0.1) is 0 Å². The number of nitrogens with one attached hydrogen (secondary N) is 1. The molecule has 0 aromatic rings. The Morgan fingerprint density at radius 2 is 2.16 bits per heavy atom. The molecule has 0 amide bonds. The highest BCUT2D eigenvalue weighted by Gasteiger charge is 2.29. The van der Waals surface area contributed by atoms with Crippen LogP contribution in [-0.2, 0) is 14.3 Å². The lowest BCUT2D eigenvalue weighted by Crippen LogP contribution is -2.55.